The second-order valence-electron chi connectivity index (χ2n) is 7.48. The van der Waals surface area contributed by atoms with Gasteiger partial charge < -0.3 is 16.0 Å². The first-order valence-electron chi connectivity index (χ1n) is 9.95. The van der Waals surface area contributed by atoms with Crippen LogP contribution in [0.15, 0.2) is 53.3 Å². The zero-order chi connectivity index (χ0) is 25.3. The summed E-state index contributed by atoms with van der Waals surface area (Å²) in [4.78, 5) is 54.5. The molecule has 1 aliphatic rings. The maximum absolute atomic E-state index is 13.0. The number of rotatable bonds is 5. The van der Waals surface area contributed by atoms with Crippen LogP contribution in [0.4, 0.5) is 42.0 Å². The summed E-state index contributed by atoms with van der Waals surface area (Å²) in [5, 5.41) is 18.3. The third-order valence-corrected chi connectivity index (χ3v) is 5.04. The number of non-ortho nitro benzene ring substituents is 1. The van der Waals surface area contributed by atoms with Crippen molar-refractivity contribution in [2.75, 3.05) is 16.0 Å². The molecule has 4 N–H and O–H groups in total. The summed E-state index contributed by atoms with van der Waals surface area (Å²) in [6.07, 6.45) is -4.97. The van der Waals surface area contributed by atoms with E-state index in [-0.39, 0.29) is 40.8 Å². The third kappa shape index (κ3) is 5.10. The van der Waals surface area contributed by atoms with Gasteiger partial charge in [0.15, 0.2) is 0 Å². The van der Waals surface area contributed by atoms with E-state index in [1.165, 1.54) is 24.3 Å². The molecule has 2 amide bonds. The first-order valence-corrected chi connectivity index (χ1v) is 9.95. The Labute approximate surface area is 193 Å². The quantitative estimate of drug-likeness (QED) is 0.316. The lowest BCUT2D eigenvalue weighted by atomic mass is 9.92. The van der Waals surface area contributed by atoms with Gasteiger partial charge in [0, 0.05) is 29.9 Å². The lowest BCUT2D eigenvalue weighted by Gasteiger charge is -2.23. The van der Waals surface area contributed by atoms with Gasteiger partial charge in [0.05, 0.1) is 22.0 Å². The van der Waals surface area contributed by atoms with Crippen molar-refractivity contribution >= 4 is 40.6 Å². The minimum Gasteiger partial charge on any atom is -0.326 e. The van der Waals surface area contributed by atoms with Crippen LogP contribution in [-0.2, 0) is 15.8 Å². The number of aromatic nitrogens is 2. The summed E-state index contributed by atoms with van der Waals surface area (Å²) >= 11 is 0. The molecule has 0 unspecified atom stereocenters. The molecule has 0 radical (unpaired) electrons. The first kappa shape index (κ1) is 23.4. The van der Waals surface area contributed by atoms with E-state index in [9.17, 15) is 37.7 Å². The number of nitrogens with zero attached hydrogens (tertiary/aromatic N) is 2. The number of hydrogen-bond acceptors (Lipinski definition) is 7. The predicted molar refractivity (Wildman–Crippen MR) is 117 cm³/mol. The van der Waals surface area contributed by atoms with Crippen LogP contribution in [-0.4, -0.2) is 26.7 Å². The number of nitrogens with one attached hydrogen (secondary N) is 4. The number of carbonyl (C=O) groups is 2. The standard InChI is InChI=1S/C21H15F3N6O5/c22-21(23,24)10-3-1-4-11(7-10)26-20-28-17-16(19(33)29-20)14(9-15(31)27-17)18(32)25-12-5-2-6-13(8-12)30(34)35/h1-8,14H,9H2,(H,25,32)(H3,26,27,28,29,31,33)/t14-/m1/s1. The summed E-state index contributed by atoms with van der Waals surface area (Å²) in [5.41, 5.74) is -2.09. The average Bonchev–Trinajstić information content (AvgIpc) is 2.78. The molecular formula is C21H15F3N6O5. The molecule has 4 rings (SSSR count). The van der Waals surface area contributed by atoms with Crippen LogP contribution in [0, 0.1) is 10.1 Å². The maximum Gasteiger partial charge on any atom is 0.416 e. The van der Waals surface area contributed by atoms with E-state index in [1.807, 2.05) is 0 Å². The summed E-state index contributed by atoms with van der Waals surface area (Å²) < 4.78 is 38.9. The van der Waals surface area contributed by atoms with Gasteiger partial charge in [-0.2, -0.15) is 18.2 Å². The topological polar surface area (TPSA) is 159 Å². The maximum atomic E-state index is 13.0. The smallest absolute Gasteiger partial charge is 0.326 e. The molecule has 0 saturated carbocycles. The highest BCUT2D eigenvalue weighted by Gasteiger charge is 2.35. The van der Waals surface area contributed by atoms with E-state index in [0.717, 1.165) is 24.3 Å². The van der Waals surface area contributed by atoms with Gasteiger partial charge in [-0.1, -0.05) is 12.1 Å². The molecule has 11 nitrogen and oxygen atoms in total. The molecule has 35 heavy (non-hydrogen) atoms. The average molecular weight is 488 g/mol. The number of halogens is 3. The summed E-state index contributed by atoms with van der Waals surface area (Å²) in [5.74, 6) is -3.16. The lowest BCUT2D eigenvalue weighted by molar-refractivity contribution is -0.384. The number of nitro benzene ring substituents is 1. The number of fused-ring (bicyclic) bond motifs is 1. The molecule has 0 saturated heterocycles. The molecule has 0 spiro atoms. The number of aromatic amines is 1. The molecule has 14 heteroatoms. The van der Waals surface area contributed by atoms with Crippen molar-refractivity contribution in [1.82, 2.24) is 9.97 Å². The second kappa shape index (κ2) is 8.89. The van der Waals surface area contributed by atoms with E-state index in [4.69, 9.17) is 0 Å². The molecule has 3 aromatic rings. The number of anilines is 4. The fraction of sp³-hybridized carbons (Fsp3) is 0.143. The Morgan fingerprint density at radius 2 is 1.83 bits per heavy atom. The normalized spacial score (nSPS) is 15.1. The van der Waals surface area contributed by atoms with Crippen molar-refractivity contribution in [3.8, 4) is 0 Å². The van der Waals surface area contributed by atoms with E-state index >= 15 is 0 Å². The van der Waals surface area contributed by atoms with Crippen LogP contribution in [0.5, 0.6) is 0 Å². The van der Waals surface area contributed by atoms with Gasteiger partial charge in [-0.25, -0.2) is 0 Å². The van der Waals surface area contributed by atoms with Crippen molar-refractivity contribution in [3.63, 3.8) is 0 Å². The Kier molecular flexibility index (Phi) is 5.94. The molecule has 2 heterocycles. The molecule has 0 fully saturated rings. The predicted octanol–water partition coefficient (Wildman–Crippen LogP) is 3.51. The lowest BCUT2D eigenvalue weighted by Crippen LogP contribution is -2.36. The van der Waals surface area contributed by atoms with Crippen LogP contribution >= 0.6 is 0 Å². The van der Waals surface area contributed by atoms with Crippen LogP contribution in [0.3, 0.4) is 0 Å². The minimum absolute atomic E-state index is 0.0231. The highest BCUT2D eigenvalue weighted by atomic mass is 19.4. The van der Waals surface area contributed by atoms with Crippen molar-refractivity contribution < 1.29 is 27.7 Å². The Morgan fingerprint density at radius 1 is 1.11 bits per heavy atom. The first-order chi connectivity index (χ1) is 16.5. The molecule has 2 aromatic carbocycles. The number of nitro groups is 1. The van der Waals surface area contributed by atoms with Gasteiger partial charge in [-0.15, -0.1) is 0 Å². The Morgan fingerprint density at radius 3 is 2.54 bits per heavy atom. The number of alkyl halides is 3. The van der Waals surface area contributed by atoms with Crippen molar-refractivity contribution in [1.29, 1.82) is 0 Å². The molecule has 180 valence electrons. The molecule has 1 aliphatic heterocycles. The zero-order valence-electron chi connectivity index (χ0n) is 17.5. The van der Waals surface area contributed by atoms with E-state index in [0.29, 0.717) is 0 Å². The number of amides is 2. The van der Waals surface area contributed by atoms with Crippen molar-refractivity contribution in [2.45, 2.75) is 18.5 Å². The molecule has 0 aliphatic carbocycles. The molecule has 1 atom stereocenters. The van der Waals surface area contributed by atoms with Gasteiger partial charge in [0.2, 0.25) is 17.8 Å². The monoisotopic (exact) mass is 488 g/mol. The molecule has 0 bridgehead atoms. The third-order valence-electron chi connectivity index (χ3n) is 5.04. The largest absolute Gasteiger partial charge is 0.416 e. The van der Waals surface area contributed by atoms with E-state index in [2.05, 4.69) is 25.9 Å². The fourth-order valence-corrected chi connectivity index (χ4v) is 3.49. The Hall–Kier alpha value is -4.75. The van der Waals surface area contributed by atoms with Crippen LogP contribution in [0.25, 0.3) is 0 Å². The van der Waals surface area contributed by atoms with E-state index < -0.39 is 40.0 Å². The highest BCUT2D eigenvalue weighted by molar-refractivity contribution is 6.04. The summed E-state index contributed by atoms with van der Waals surface area (Å²) in [7, 11) is 0. The number of hydrogen-bond donors (Lipinski definition) is 4. The Bertz CT molecular complexity index is 1400. The van der Waals surface area contributed by atoms with Gasteiger partial charge in [-0.3, -0.25) is 29.5 Å². The van der Waals surface area contributed by atoms with Crippen molar-refractivity contribution in [2.24, 2.45) is 0 Å². The summed E-state index contributed by atoms with van der Waals surface area (Å²) in [6, 6.07) is 9.28. The van der Waals surface area contributed by atoms with Gasteiger partial charge in [0.1, 0.15) is 5.82 Å². The fourth-order valence-electron chi connectivity index (χ4n) is 3.49. The zero-order valence-corrected chi connectivity index (χ0v) is 17.5. The number of H-pyrrole nitrogens is 1. The van der Waals surface area contributed by atoms with Gasteiger partial charge >= 0.3 is 6.18 Å². The number of benzene rings is 2. The van der Waals surface area contributed by atoms with Gasteiger partial charge in [-0.05, 0) is 24.3 Å². The molecular weight excluding hydrogens is 473 g/mol. The second-order valence-corrected chi connectivity index (χ2v) is 7.48. The minimum atomic E-state index is -4.58. The van der Waals surface area contributed by atoms with Crippen LogP contribution in [0.1, 0.15) is 23.5 Å². The van der Waals surface area contributed by atoms with Gasteiger partial charge in [0.25, 0.3) is 11.2 Å². The van der Waals surface area contributed by atoms with Crippen LogP contribution < -0.4 is 21.5 Å². The van der Waals surface area contributed by atoms with E-state index in [1.54, 1.807) is 0 Å². The Balaban J connectivity index is 1.62. The number of carbonyl (C=O) groups excluding carboxylic acids is 2. The molecule has 1 aromatic heterocycles. The van der Waals surface area contributed by atoms with Crippen LogP contribution in [0.2, 0.25) is 0 Å². The summed E-state index contributed by atoms with van der Waals surface area (Å²) in [6.45, 7) is 0. The van der Waals surface area contributed by atoms with Crippen molar-refractivity contribution in [3.05, 3.63) is 80.1 Å². The SMILES string of the molecule is O=C1C[C@@H](C(=O)Nc2cccc([N+](=O)[O-])c2)c2c(nc(Nc3cccc(C(F)(F)F)c3)[nH]c2=O)N1. The highest BCUT2D eigenvalue weighted by Crippen LogP contribution is 2.33.